The summed E-state index contributed by atoms with van der Waals surface area (Å²) in [5.74, 6) is -1.55. The Bertz CT molecular complexity index is 1230. The fraction of sp³-hybridized carbons (Fsp3) is 0.868. The van der Waals surface area contributed by atoms with Gasteiger partial charge in [0.25, 0.3) is 17.2 Å². The Kier molecular flexibility index (Phi) is 19.4. The number of likely N-dealkylation sites (tertiary alicyclic amines) is 1. The molecule has 14 nitrogen and oxygen atoms in total. The molecule has 15 heteroatoms. The van der Waals surface area contributed by atoms with Crippen molar-refractivity contribution < 1.29 is 38.1 Å². The molecule has 0 spiro atoms. The first-order valence-electron chi connectivity index (χ1n) is 20.0. The Hall–Kier alpha value is -2.62. The molecular weight excluding hydrogens is 699 g/mol. The number of quaternary nitrogens is 1. The van der Waals surface area contributed by atoms with E-state index in [1.807, 2.05) is 53.9 Å². The summed E-state index contributed by atoms with van der Waals surface area (Å²) in [4.78, 5) is 69.4. The molecule has 1 saturated carbocycles. The molecule has 0 bridgehead atoms. The van der Waals surface area contributed by atoms with Crippen molar-refractivity contribution in [2.24, 2.45) is 22.7 Å². The smallest absolute Gasteiger partial charge is 0.315 e. The van der Waals surface area contributed by atoms with Gasteiger partial charge in [-0.05, 0) is 46.1 Å². The van der Waals surface area contributed by atoms with E-state index in [2.05, 4.69) is 28.2 Å². The minimum absolute atomic E-state index is 0.0571. The van der Waals surface area contributed by atoms with E-state index in [0.717, 1.165) is 44.6 Å². The highest BCUT2D eigenvalue weighted by atomic mass is 32.2. The number of nitrogens with two attached hydrogens (primary N) is 1. The van der Waals surface area contributed by atoms with Crippen molar-refractivity contribution >= 4 is 40.8 Å². The number of nitrogens with one attached hydrogen (secondary N) is 4. The number of hydrogen-bond acceptors (Lipinski definition) is 6. The lowest BCUT2D eigenvalue weighted by Gasteiger charge is -2.37. The molecule has 6 atom stereocenters. The summed E-state index contributed by atoms with van der Waals surface area (Å²) < 4.78 is 23.7. The van der Waals surface area contributed by atoms with Crippen molar-refractivity contribution in [2.45, 2.75) is 150 Å². The molecule has 1 heterocycles. The van der Waals surface area contributed by atoms with Crippen LogP contribution in [0, 0.1) is 22.7 Å². The summed E-state index contributed by atoms with van der Waals surface area (Å²) in [6, 6.07) is -3.99. The van der Waals surface area contributed by atoms with Gasteiger partial charge in [0, 0.05) is 20.0 Å². The van der Waals surface area contributed by atoms with E-state index < -0.39 is 75.8 Å². The van der Waals surface area contributed by atoms with Crippen LogP contribution >= 0.6 is 0 Å². The number of rotatable bonds is 22. The molecule has 0 aromatic heterocycles. The van der Waals surface area contributed by atoms with Gasteiger partial charge in [-0.2, -0.15) is 4.55 Å². The lowest BCUT2D eigenvalue weighted by atomic mass is 9.81. The summed E-state index contributed by atoms with van der Waals surface area (Å²) in [5.41, 5.74) is -1.23. The van der Waals surface area contributed by atoms with E-state index in [1.54, 1.807) is 4.90 Å². The second kappa shape index (κ2) is 22.1. The highest BCUT2D eigenvalue weighted by molar-refractivity contribution is 7.76. The largest absolute Gasteiger partial charge is 0.353 e. The minimum Gasteiger partial charge on any atom is -0.353 e. The van der Waals surface area contributed by atoms with Crippen LogP contribution in [0.5, 0.6) is 0 Å². The molecule has 1 saturated heterocycles. The van der Waals surface area contributed by atoms with Crippen LogP contribution in [0.15, 0.2) is 0 Å². The maximum atomic E-state index is 14.5. The zero-order chi connectivity index (χ0) is 39.9. The van der Waals surface area contributed by atoms with Gasteiger partial charge in [-0.25, -0.2) is 4.79 Å². The lowest BCUT2D eigenvalue weighted by molar-refractivity contribution is -0.627. The maximum Gasteiger partial charge on any atom is 0.315 e. The van der Waals surface area contributed by atoms with Gasteiger partial charge in [0.1, 0.15) is 12.1 Å². The Balaban J connectivity index is 2.30. The molecule has 53 heavy (non-hydrogen) atoms. The highest BCUT2D eigenvalue weighted by Crippen LogP contribution is 2.33. The van der Waals surface area contributed by atoms with Gasteiger partial charge in [-0.15, -0.1) is 0 Å². The van der Waals surface area contributed by atoms with E-state index in [0.29, 0.717) is 38.8 Å². The van der Waals surface area contributed by atoms with Gasteiger partial charge in [0.05, 0.1) is 38.8 Å². The van der Waals surface area contributed by atoms with Gasteiger partial charge in [-0.3, -0.25) is 19.2 Å². The van der Waals surface area contributed by atoms with Gasteiger partial charge in [0.15, 0.2) is 0 Å². The van der Waals surface area contributed by atoms with Crippen LogP contribution in [0.2, 0.25) is 0 Å². The van der Waals surface area contributed by atoms with E-state index in [9.17, 15) is 32.7 Å². The topological polar surface area (TPSA) is 194 Å². The van der Waals surface area contributed by atoms with Crippen LogP contribution in [-0.2, 0) is 34.7 Å². The van der Waals surface area contributed by atoms with Crippen molar-refractivity contribution in [1.29, 1.82) is 0 Å². The van der Waals surface area contributed by atoms with Crippen LogP contribution in [-0.4, -0.2) is 108 Å². The van der Waals surface area contributed by atoms with Gasteiger partial charge < -0.3 is 31.5 Å². The van der Waals surface area contributed by atoms with Gasteiger partial charge in [0.2, 0.25) is 17.6 Å². The first-order valence-corrected chi connectivity index (χ1v) is 21.1. The molecule has 0 radical (unpaired) electrons. The second-order valence-corrected chi connectivity index (χ2v) is 18.5. The molecular formula is C38H73N7O7S+2. The predicted molar refractivity (Wildman–Crippen MR) is 209 cm³/mol. The van der Waals surface area contributed by atoms with E-state index >= 15 is 0 Å². The molecule has 2 aliphatic rings. The summed E-state index contributed by atoms with van der Waals surface area (Å²) in [5, 5.41) is 13.1. The quantitative estimate of drug-likeness (QED) is 0.0422. The Morgan fingerprint density at radius 3 is 2.11 bits per heavy atom. The summed E-state index contributed by atoms with van der Waals surface area (Å²) in [6.45, 7) is 15.1. The molecule has 0 aromatic carbocycles. The third kappa shape index (κ3) is 15.2. The minimum atomic E-state index is -2.62. The first kappa shape index (κ1) is 46.5. The third-order valence-electron chi connectivity index (χ3n) is 10.9. The van der Waals surface area contributed by atoms with Crippen LogP contribution < -0.4 is 26.6 Å². The van der Waals surface area contributed by atoms with E-state index in [4.69, 9.17) is 0 Å². The maximum absolute atomic E-state index is 14.5. The van der Waals surface area contributed by atoms with Crippen molar-refractivity contribution in [3.05, 3.63) is 0 Å². The molecule has 5 amide bonds. The van der Waals surface area contributed by atoms with Gasteiger partial charge in [-0.1, -0.05) is 104 Å². The first-order chi connectivity index (χ1) is 24.8. The number of unbranched alkanes of at least 4 members (excludes halogenated alkanes) is 2. The average Bonchev–Trinajstić information content (AvgIpc) is 3.49. The number of likely N-dealkylation sites (N-methyl/N-ethyl adjacent to an activating group) is 1. The summed E-state index contributed by atoms with van der Waals surface area (Å²) in [7, 11) is 3.33. The van der Waals surface area contributed by atoms with Crippen LogP contribution in [0.4, 0.5) is 4.79 Å². The van der Waals surface area contributed by atoms with Crippen molar-refractivity contribution in [1.82, 2.24) is 30.5 Å². The Morgan fingerprint density at radius 1 is 0.925 bits per heavy atom. The molecule has 7 N–H and O–H groups in total. The molecule has 2 fully saturated rings. The highest BCUT2D eigenvalue weighted by Gasteiger charge is 2.46. The molecule has 306 valence electrons. The zero-order valence-electron chi connectivity index (χ0n) is 34.1. The second-order valence-electron chi connectivity index (χ2n) is 17.4. The van der Waals surface area contributed by atoms with Crippen molar-refractivity contribution in [2.75, 3.05) is 40.3 Å². The zero-order valence-corrected chi connectivity index (χ0v) is 35.0. The fourth-order valence-electron chi connectivity index (χ4n) is 7.11. The number of nitrogens with zero attached hydrogens (tertiary/aromatic N) is 2. The average molecular weight is 772 g/mol. The normalized spacial score (nSPS) is 20.2. The Morgan fingerprint density at radius 2 is 1.58 bits per heavy atom. The Labute approximate surface area is 321 Å². The number of carbonyl (C=O) groups is 5. The number of urea groups is 1. The monoisotopic (exact) mass is 772 g/mol. The molecule has 2 rings (SSSR count). The van der Waals surface area contributed by atoms with E-state index in [1.165, 1.54) is 30.6 Å². The standard InChI is InChI=1S/C38H71N7O7S/c1-10-11-16-27-23-29(33(47)41-28(31(46)34(48)40-9)20-13-12-17-26-18-14-19-26)45(24-27)35(49)32(38(5,6)7)43-36(50)42-30(37(2,3)4)25-44(53(51)52)22-15-21-39-8/h26-30,32,39H,10-25H2,1-9H3,(H,40,48)(H,41,47)(H,51,52)(H2,42,43,50)/p+2/t27-,28?,29+,30-,32-/m1/s1. The van der Waals surface area contributed by atoms with Crippen molar-refractivity contribution in [3.63, 3.8) is 0 Å². The number of hydrogen-bond donors (Lipinski definition) is 6. The molecule has 1 aliphatic heterocycles. The summed E-state index contributed by atoms with van der Waals surface area (Å²) >= 11 is -2.62. The van der Waals surface area contributed by atoms with Crippen molar-refractivity contribution in [3.8, 4) is 0 Å². The SMILES string of the molecule is CCCC[C@@H]1C[C@@H](C(=O)NC(CCCCC2CCC2)C(=O)C(=O)NC)N(C(=O)[C@@H](NC(=O)N[C@H](CN(CCC[NH2+]C)[SH+](=O)O)C(C)(C)C)C(C)(C)C)C1. The number of thiol groups is 1. The van der Waals surface area contributed by atoms with Gasteiger partial charge >= 0.3 is 6.03 Å². The lowest BCUT2D eigenvalue weighted by Crippen LogP contribution is -2.79. The summed E-state index contributed by atoms with van der Waals surface area (Å²) in [6.07, 6.45) is 10.6. The van der Waals surface area contributed by atoms with Crippen LogP contribution in [0.25, 0.3) is 0 Å². The van der Waals surface area contributed by atoms with Crippen LogP contribution in [0.3, 0.4) is 0 Å². The van der Waals surface area contributed by atoms with Crippen LogP contribution in [0.1, 0.15) is 126 Å². The third-order valence-corrected chi connectivity index (χ3v) is 11.7. The predicted octanol–water partition coefficient (Wildman–Crippen LogP) is 2.65. The number of carbonyl (C=O) groups excluding carboxylic acids is 5. The number of ketones is 1. The number of amides is 5. The number of Topliss-reactive ketones (excluding diaryl/α,β-unsaturated/α-hetero) is 1. The fourth-order valence-corrected chi connectivity index (χ4v) is 7.73. The molecule has 1 aliphatic carbocycles. The van der Waals surface area contributed by atoms with E-state index in [-0.39, 0.29) is 12.5 Å². The molecule has 0 aromatic rings. The molecule has 2 unspecified atom stereocenters.